The first-order chi connectivity index (χ1) is 11.6. The first kappa shape index (κ1) is 19.0. The summed E-state index contributed by atoms with van der Waals surface area (Å²) in [7, 11) is 0. The number of aryl methyl sites for hydroxylation is 2. The van der Waals surface area contributed by atoms with E-state index in [1.807, 2.05) is 26.0 Å². The van der Waals surface area contributed by atoms with Gasteiger partial charge < -0.3 is 10.1 Å². The fourth-order valence-corrected chi connectivity index (χ4v) is 3.10. The maximum atomic E-state index is 12.5. The zero-order chi connectivity index (χ0) is 18.8. The molecule has 8 heteroatoms. The van der Waals surface area contributed by atoms with E-state index in [1.165, 1.54) is 5.38 Å². The summed E-state index contributed by atoms with van der Waals surface area (Å²) in [5, 5.41) is 3.10. The average Bonchev–Trinajstić information content (AvgIpc) is 2.93. The molecule has 134 valence electrons. The van der Waals surface area contributed by atoms with Gasteiger partial charge in [0, 0.05) is 10.9 Å². The highest BCUT2D eigenvalue weighted by Crippen LogP contribution is 2.37. The number of anilines is 1. The highest BCUT2D eigenvalue weighted by atomic mass is 32.1. The van der Waals surface area contributed by atoms with Crippen molar-refractivity contribution in [1.29, 1.82) is 0 Å². The van der Waals surface area contributed by atoms with Crippen LogP contribution in [0.5, 0.6) is 0 Å². The minimum atomic E-state index is -5.05. The van der Waals surface area contributed by atoms with Gasteiger partial charge in [-0.05, 0) is 37.5 Å². The topological polar surface area (TPSA) is 55.4 Å². The molecule has 1 aromatic heterocycles. The number of amides is 1. The Labute approximate surface area is 146 Å². The number of benzene rings is 1. The molecule has 0 atom stereocenters. The lowest BCUT2D eigenvalue weighted by atomic mass is 9.99. The number of rotatable bonds is 4. The van der Waals surface area contributed by atoms with Gasteiger partial charge >= 0.3 is 18.1 Å². The van der Waals surface area contributed by atoms with E-state index in [-0.39, 0.29) is 17.2 Å². The molecule has 0 saturated carbocycles. The van der Waals surface area contributed by atoms with Gasteiger partial charge in [-0.25, -0.2) is 4.79 Å². The Morgan fingerprint density at radius 1 is 1.20 bits per heavy atom. The molecule has 0 radical (unpaired) electrons. The van der Waals surface area contributed by atoms with Crippen molar-refractivity contribution in [3.8, 4) is 11.1 Å². The molecule has 1 amide bonds. The number of carbonyl (C=O) groups excluding carboxylic acids is 2. The van der Waals surface area contributed by atoms with Crippen LogP contribution in [0.2, 0.25) is 0 Å². The SMILES string of the molecule is CCOC(=O)c1c(-c2ccc(C)c(C)c2)csc1NC(=O)C(F)(F)F. The number of carbonyl (C=O) groups is 2. The molecule has 1 aromatic carbocycles. The highest BCUT2D eigenvalue weighted by Gasteiger charge is 2.40. The summed E-state index contributed by atoms with van der Waals surface area (Å²) in [5.74, 6) is -2.92. The first-order valence-electron chi connectivity index (χ1n) is 7.39. The quantitative estimate of drug-likeness (QED) is 0.792. The van der Waals surface area contributed by atoms with Crippen LogP contribution in [0.3, 0.4) is 0 Å². The van der Waals surface area contributed by atoms with Crippen LogP contribution < -0.4 is 5.32 Å². The lowest BCUT2D eigenvalue weighted by Gasteiger charge is -2.10. The number of halogens is 3. The van der Waals surface area contributed by atoms with Crippen molar-refractivity contribution in [2.24, 2.45) is 0 Å². The summed E-state index contributed by atoms with van der Waals surface area (Å²) in [6.07, 6.45) is -5.05. The maximum absolute atomic E-state index is 12.5. The molecule has 1 heterocycles. The van der Waals surface area contributed by atoms with E-state index in [4.69, 9.17) is 4.74 Å². The predicted octanol–water partition coefficient (Wildman–Crippen LogP) is 4.71. The van der Waals surface area contributed by atoms with Crippen LogP contribution in [0.1, 0.15) is 28.4 Å². The van der Waals surface area contributed by atoms with Gasteiger partial charge in [-0.2, -0.15) is 13.2 Å². The zero-order valence-electron chi connectivity index (χ0n) is 13.8. The monoisotopic (exact) mass is 371 g/mol. The molecule has 0 fully saturated rings. The number of thiophene rings is 1. The third-order valence-corrected chi connectivity index (χ3v) is 4.47. The lowest BCUT2D eigenvalue weighted by molar-refractivity contribution is -0.167. The molecule has 2 aromatic rings. The van der Waals surface area contributed by atoms with E-state index >= 15 is 0 Å². The Morgan fingerprint density at radius 3 is 2.44 bits per heavy atom. The van der Waals surface area contributed by atoms with Crippen molar-refractivity contribution in [2.75, 3.05) is 11.9 Å². The maximum Gasteiger partial charge on any atom is 0.471 e. The third kappa shape index (κ3) is 4.19. The van der Waals surface area contributed by atoms with Crippen molar-refractivity contribution >= 4 is 28.2 Å². The van der Waals surface area contributed by atoms with Crippen molar-refractivity contribution in [3.63, 3.8) is 0 Å². The molecule has 0 aliphatic rings. The molecule has 0 bridgehead atoms. The average molecular weight is 371 g/mol. The Kier molecular flexibility index (Phi) is 5.52. The predicted molar refractivity (Wildman–Crippen MR) is 89.9 cm³/mol. The summed E-state index contributed by atoms with van der Waals surface area (Å²) >= 11 is 0.847. The number of hydrogen-bond donors (Lipinski definition) is 1. The minimum Gasteiger partial charge on any atom is -0.462 e. The summed E-state index contributed by atoms with van der Waals surface area (Å²) in [5.41, 5.74) is 3.02. The van der Waals surface area contributed by atoms with Gasteiger partial charge in [0.05, 0.1) is 6.61 Å². The van der Waals surface area contributed by atoms with Gasteiger partial charge in [0.15, 0.2) is 0 Å². The molecular weight excluding hydrogens is 355 g/mol. The summed E-state index contributed by atoms with van der Waals surface area (Å²) in [6, 6.07) is 5.45. The van der Waals surface area contributed by atoms with E-state index in [1.54, 1.807) is 18.3 Å². The number of esters is 1. The van der Waals surface area contributed by atoms with Crippen LogP contribution in [0, 0.1) is 13.8 Å². The van der Waals surface area contributed by atoms with E-state index in [0.717, 1.165) is 22.5 Å². The van der Waals surface area contributed by atoms with Gasteiger partial charge in [0.25, 0.3) is 0 Å². The van der Waals surface area contributed by atoms with Crippen molar-refractivity contribution in [2.45, 2.75) is 26.9 Å². The third-order valence-electron chi connectivity index (χ3n) is 3.57. The van der Waals surface area contributed by atoms with Gasteiger partial charge in [-0.3, -0.25) is 4.79 Å². The van der Waals surface area contributed by atoms with Crippen LogP contribution in [-0.2, 0) is 9.53 Å². The summed E-state index contributed by atoms with van der Waals surface area (Å²) in [4.78, 5) is 23.5. The molecule has 1 N–H and O–H groups in total. The Bertz CT molecular complexity index is 812. The van der Waals surface area contributed by atoms with Gasteiger partial charge in [0.2, 0.25) is 0 Å². The van der Waals surface area contributed by atoms with E-state index in [2.05, 4.69) is 0 Å². The summed E-state index contributed by atoms with van der Waals surface area (Å²) in [6.45, 7) is 5.47. The molecule has 0 saturated heterocycles. The smallest absolute Gasteiger partial charge is 0.462 e. The number of hydrogen-bond acceptors (Lipinski definition) is 4. The number of nitrogens with one attached hydrogen (secondary N) is 1. The fraction of sp³-hybridized carbons (Fsp3) is 0.294. The lowest BCUT2D eigenvalue weighted by Crippen LogP contribution is -2.30. The second-order valence-corrected chi connectivity index (χ2v) is 6.20. The van der Waals surface area contributed by atoms with Crippen LogP contribution in [0.25, 0.3) is 11.1 Å². The Balaban J connectivity index is 2.52. The molecule has 2 rings (SSSR count). The van der Waals surface area contributed by atoms with E-state index in [9.17, 15) is 22.8 Å². The van der Waals surface area contributed by atoms with Gasteiger partial charge in [-0.15, -0.1) is 11.3 Å². The number of alkyl halides is 3. The molecule has 25 heavy (non-hydrogen) atoms. The van der Waals surface area contributed by atoms with Gasteiger partial charge in [-0.1, -0.05) is 18.2 Å². The van der Waals surface area contributed by atoms with Crippen molar-refractivity contribution in [1.82, 2.24) is 0 Å². The van der Waals surface area contributed by atoms with Crippen molar-refractivity contribution < 1.29 is 27.5 Å². The highest BCUT2D eigenvalue weighted by molar-refractivity contribution is 7.15. The van der Waals surface area contributed by atoms with Crippen LogP contribution in [0.15, 0.2) is 23.6 Å². The van der Waals surface area contributed by atoms with Crippen molar-refractivity contribution in [3.05, 3.63) is 40.3 Å². The van der Waals surface area contributed by atoms with Gasteiger partial charge in [0.1, 0.15) is 10.6 Å². The molecule has 0 spiro atoms. The van der Waals surface area contributed by atoms with Crippen LogP contribution >= 0.6 is 11.3 Å². The van der Waals surface area contributed by atoms with E-state index < -0.39 is 18.1 Å². The molecular formula is C17H16F3NO3S. The van der Waals surface area contributed by atoms with E-state index in [0.29, 0.717) is 11.1 Å². The largest absolute Gasteiger partial charge is 0.471 e. The fourth-order valence-electron chi connectivity index (χ4n) is 2.15. The second kappa shape index (κ2) is 7.26. The van der Waals surface area contributed by atoms with Crippen LogP contribution in [0.4, 0.5) is 18.2 Å². The minimum absolute atomic E-state index is 0.0632. The normalized spacial score (nSPS) is 11.3. The first-order valence-corrected chi connectivity index (χ1v) is 8.27. The Hall–Kier alpha value is -2.35. The Morgan fingerprint density at radius 2 is 1.88 bits per heavy atom. The second-order valence-electron chi connectivity index (χ2n) is 5.32. The molecule has 0 aliphatic heterocycles. The number of ether oxygens (including phenoxy) is 1. The summed E-state index contributed by atoms with van der Waals surface area (Å²) < 4.78 is 42.5. The standard InChI is InChI=1S/C17H16F3NO3S/c1-4-24-15(22)13-12(11-6-5-9(2)10(3)7-11)8-25-14(13)21-16(23)17(18,19)20/h5-8H,4H2,1-3H3,(H,21,23). The zero-order valence-corrected chi connectivity index (χ0v) is 14.6. The molecule has 0 aliphatic carbocycles. The molecule has 0 unspecified atom stereocenters. The van der Waals surface area contributed by atoms with Crippen LogP contribution in [-0.4, -0.2) is 24.7 Å². The molecule has 4 nitrogen and oxygen atoms in total.